The molecule has 0 bridgehead atoms. The molecular formula is C17H27NO. The summed E-state index contributed by atoms with van der Waals surface area (Å²) in [6.07, 6.45) is 1.12. The Kier molecular flexibility index (Phi) is 4.03. The highest BCUT2D eigenvalue weighted by Gasteiger charge is 2.35. The zero-order chi connectivity index (χ0) is 14.1. The average molecular weight is 261 g/mol. The third-order valence-electron chi connectivity index (χ3n) is 4.17. The Morgan fingerprint density at radius 1 is 1.21 bits per heavy atom. The Balaban J connectivity index is 2.10. The standard InChI is InChI=1S/C17H27NO/c1-16(2,3)15-7-5-13(6-8-15)14(10-18)9-17(4)11-19-12-17/h5-8,14H,9-12,18H2,1-4H3. The van der Waals surface area contributed by atoms with E-state index < -0.39 is 0 Å². The van der Waals surface area contributed by atoms with Crippen molar-refractivity contribution < 1.29 is 4.74 Å². The van der Waals surface area contributed by atoms with Gasteiger partial charge in [-0.05, 0) is 35.4 Å². The van der Waals surface area contributed by atoms with Gasteiger partial charge in [0.1, 0.15) is 0 Å². The Labute approximate surface area is 117 Å². The van der Waals surface area contributed by atoms with Gasteiger partial charge in [-0.25, -0.2) is 0 Å². The predicted octanol–water partition coefficient (Wildman–Crippen LogP) is 3.45. The van der Waals surface area contributed by atoms with Crippen LogP contribution in [0.25, 0.3) is 0 Å². The van der Waals surface area contributed by atoms with Gasteiger partial charge in [0, 0.05) is 5.41 Å². The summed E-state index contributed by atoms with van der Waals surface area (Å²) in [4.78, 5) is 0. The molecule has 1 aromatic carbocycles. The van der Waals surface area contributed by atoms with Crippen molar-refractivity contribution in [3.05, 3.63) is 35.4 Å². The van der Waals surface area contributed by atoms with Crippen LogP contribution in [0, 0.1) is 5.41 Å². The summed E-state index contributed by atoms with van der Waals surface area (Å²) in [6, 6.07) is 9.00. The highest BCUT2D eigenvalue weighted by molar-refractivity contribution is 5.30. The molecule has 2 rings (SSSR count). The quantitative estimate of drug-likeness (QED) is 0.901. The fraction of sp³-hybridized carbons (Fsp3) is 0.647. The third kappa shape index (κ3) is 3.37. The monoisotopic (exact) mass is 261 g/mol. The van der Waals surface area contributed by atoms with E-state index in [9.17, 15) is 0 Å². The van der Waals surface area contributed by atoms with Gasteiger partial charge in [-0.15, -0.1) is 0 Å². The SMILES string of the molecule is CC1(CC(CN)c2ccc(C(C)(C)C)cc2)COC1. The molecule has 0 spiro atoms. The van der Waals surface area contributed by atoms with Crippen molar-refractivity contribution >= 4 is 0 Å². The lowest BCUT2D eigenvalue weighted by atomic mass is 9.76. The first-order valence-corrected chi connectivity index (χ1v) is 7.22. The highest BCUT2D eigenvalue weighted by atomic mass is 16.5. The lowest BCUT2D eigenvalue weighted by Crippen LogP contribution is -2.41. The Morgan fingerprint density at radius 3 is 2.16 bits per heavy atom. The summed E-state index contributed by atoms with van der Waals surface area (Å²) >= 11 is 0. The van der Waals surface area contributed by atoms with E-state index >= 15 is 0 Å². The van der Waals surface area contributed by atoms with Gasteiger partial charge in [0.25, 0.3) is 0 Å². The molecule has 2 N–H and O–H groups in total. The summed E-state index contributed by atoms with van der Waals surface area (Å²) in [6.45, 7) is 11.5. The number of nitrogens with two attached hydrogens (primary N) is 1. The molecule has 106 valence electrons. The number of benzene rings is 1. The van der Waals surface area contributed by atoms with E-state index in [-0.39, 0.29) is 5.41 Å². The fourth-order valence-electron chi connectivity index (χ4n) is 2.76. The molecule has 1 aliphatic heterocycles. The summed E-state index contributed by atoms with van der Waals surface area (Å²) in [7, 11) is 0. The zero-order valence-corrected chi connectivity index (χ0v) is 12.7. The van der Waals surface area contributed by atoms with Crippen LogP contribution in [0.4, 0.5) is 0 Å². The molecule has 0 aliphatic carbocycles. The van der Waals surface area contributed by atoms with Crippen LogP contribution in [0.15, 0.2) is 24.3 Å². The van der Waals surface area contributed by atoms with E-state index in [0.29, 0.717) is 17.9 Å². The normalized spacial score (nSPS) is 19.8. The lowest BCUT2D eigenvalue weighted by Gasteiger charge is -2.40. The van der Waals surface area contributed by atoms with E-state index in [1.54, 1.807) is 0 Å². The first-order chi connectivity index (χ1) is 8.84. The molecule has 2 heteroatoms. The summed E-state index contributed by atoms with van der Waals surface area (Å²) in [5, 5.41) is 0. The van der Waals surface area contributed by atoms with Crippen molar-refractivity contribution in [1.29, 1.82) is 0 Å². The lowest BCUT2D eigenvalue weighted by molar-refractivity contribution is -0.108. The predicted molar refractivity (Wildman–Crippen MR) is 80.5 cm³/mol. The molecule has 1 unspecified atom stereocenters. The van der Waals surface area contributed by atoms with Crippen molar-refractivity contribution in [1.82, 2.24) is 0 Å². The second kappa shape index (κ2) is 5.26. The summed E-state index contributed by atoms with van der Waals surface area (Å²) in [5.74, 6) is 0.447. The summed E-state index contributed by atoms with van der Waals surface area (Å²) < 4.78 is 5.34. The van der Waals surface area contributed by atoms with E-state index in [4.69, 9.17) is 10.5 Å². The van der Waals surface area contributed by atoms with Crippen LogP contribution >= 0.6 is 0 Å². The van der Waals surface area contributed by atoms with Crippen molar-refractivity contribution in [3.8, 4) is 0 Å². The second-order valence-electron chi connectivity index (χ2n) is 7.31. The van der Waals surface area contributed by atoms with Crippen molar-refractivity contribution in [2.45, 2.75) is 45.4 Å². The van der Waals surface area contributed by atoms with Gasteiger partial charge in [-0.3, -0.25) is 0 Å². The minimum Gasteiger partial charge on any atom is -0.380 e. The molecule has 1 heterocycles. The molecule has 2 nitrogen and oxygen atoms in total. The van der Waals surface area contributed by atoms with Crippen LogP contribution in [0.3, 0.4) is 0 Å². The molecule has 0 amide bonds. The third-order valence-corrected chi connectivity index (χ3v) is 4.17. The van der Waals surface area contributed by atoms with Crippen LogP contribution in [0.1, 0.15) is 51.2 Å². The molecule has 1 aromatic rings. The number of hydrogen-bond donors (Lipinski definition) is 1. The molecule has 0 aromatic heterocycles. The second-order valence-corrected chi connectivity index (χ2v) is 7.31. The molecule has 0 radical (unpaired) electrons. The maximum absolute atomic E-state index is 5.97. The maximum Gasteiger partial charge on any atom is 0.0542 e. The smallest absolute Gasteiger partial charge is 0.0542 e. The topological polar surface area (TPSA) is 35.2 Å². The van der Waals surface area contributed by atoms with Gasteiger partial charge < -0.3 is 10.5 Å². The van der Waals surface area contributed by atoms with E-state index in [1.165, 1.54) is 11.1 Å². The fourth-order valence-corrected chi connectivity index (χ4v) is 2.76. The number of rotatable bonds is 4. The Morgan fingerprint density at radius 2 is 1.79 bits per heavy atom. The van der Waals surface area contributed by atoms with Crippen LogP contribution in [0.2, 0.25) is 0 Å². The van der Waals surface area contributed by atoms with Crippen molar-refractivity contribution in [3.63, 3.8) is 0 Å². The molecular weight excluding hydrogens is 234 g/mol. The van der Waals surface area contributed by atoms with Crippen LogP contribution in [0.5, 0.6) is 0 Å². The van der Waals surface area contributed by atoms with Gasteiger partial charge in [-0.2, -0.15) is 0 Å². The van der Waals surface area contributed by atoms with Crippen molar-refractivity contribution in [2.75, 3.05) is 19.8 Å². The summed E-state index contributed by atoms with van der Waals surface area (Å²) in [5.41, 5.74) is 9.26. The van der Waals surface area contributed by atoms with Gasteiger partial charge in [-0.1, -0.05) is 52.0 Å². The Hall–Kier alpha value is -0.860. The van der Waals surface area contributed by atoms with Gasteiger partial charge >= 0.3 is 0 Å². The van der Waals surface area contributed by atoms with E-state index in [1.807, 2.05) is 0 Å². The van der Waals surface area contributed by atoms with Gasteiger partial charge in [0.05, 0.1) is 13.2 Å². The van der Waals surface area contributed by atoms with Gasteiger partial charge in [0.15, 0.2) is 0 Å². The molecule has 19 heavy (non-hydrogen) atoms. The van der Waals surface area contributed by atoms with Crippen LogP contribution < -0.4 is 5.73 Å². The Bertz CT molecular complexity index is 412. The van der Waals surface area contributed by atoms with Gasteiger partial charge in [0.2, 0.25) is 0 Å². The molecule has 1 atom stereocenters. The average Bonchev–Trinajstić information content (AvgIpc) is 2.33. The first-order valence-electron chi connectivity index (χ1n) is 7.22. The minimum atomic E-state index is 0.213. The molecule has 0 saturated carbocycles. The maximum atomic E-state index is 5.97. The number of hydrogen-bond acceptors (Lipinski definition) is 2. The van der Waals surface area contributed by atoms with Crippen LogP contribution in [-0.2, 0) is 10.2 Å². The van der Waals surface area contributed by atoms with E-state index in [2.05, 4.69) is 52.0 Å². The van der Waals surface area contributed by atoms with Crippen molar-refractivity contribution in [2.24, 2.45) is 11.1 Å². The molecule has 1 aliphatic rings. The first kappa shape index (κ1) is 14.5. The highest BCUT2D eigenvalue weighted by Crippen LogP contribution is 2.37. The molecule has 1 fully saturated rings. The molecule has 1 saturated heterocycles. The van der Waals surface area contributed by atoms with Crippen LogP contribution in [-0.4, -0.2) is 19.8 Å². The largest absolute Gasteiger partial charge is 0.380 e. The number of ether oxygens (including phenoxy) is 1. The zero-order valence-electron chi connectivity index (χ0n) is 12.7. The minimum absolute atomic E-state index is 0.213. The van der Waals surface area contributed by atoms with E-state index in [0.717, 1.165) is 19.6 Å².